The van der Waals surface area contributed by atoms with Gasteiger partial charge in [0.2, 0.25) is 0 Å². The number of halogens is 2. The predicted molar refractivity (Wildman–Crippen MR) is 301 cm³/mol. The SMILES string of the molecule is COc1cc(OC)c2c(C)c(C=O)[nH]c2c1Cc1c(OC)cc(OC)c2c(-c3ccc(Br)cc3)c(Cc3[nH]c4c(Cc5c(OC)cc(OC)c6c(C)c(C=O)[nH]c56)c(OC)cc(OC)c4c3-c3ccc(Br)cc3)[nH]c12. The second-order valence-corrected chi connectivity index (χ2v) is 19.9. The van der Waals surface area contributed by atoms with Crippen molar-refractivity contribution in [2.75, 3.05) is 56.9 Å². The van der Waals surface area contributed by atoms with Crippen molar-refractivity contribution in [1.82, 2.24) is 19.9 Å². The number of fused-ring (bicyclic) bond motifs is 4. The van der Waals surface area contributed by atoms with Crippen molar-refractivity contribution >= 4 is 88.0 Å². The van der Waals surface area contributed by atoms with Crippen molar-refractivity contribution in [1.29, 1.82) is 0 Å². The highest BCUT2D eigenvalue weighted by Gasteiger charge is 2.30. The fourth-order valence-electron chi connectivity index (χ4n) is 10.9. The Kier molecular flexibility index (Phi) is 13.8. The van der Waals surface area contributed by atoms with Crippen LogP contribution >= 0.6 is 31.9 Å². The quantitative estimate of drug-likeness (QED) is 0.0606. The Bertz CT molecular complexity index is 3630. The summed E-state index contributed by atoms with van der Waals surface area (Å²) in [7, 11) is 13.1. The van der Waals surface area contributed by atoms with Crippen LogP contribution in [0.5, 0.6) is 46.0 Å². The molecule has 0 saturated carbocycles. The number of H-pyrrole nitrogens is 4. The first-order valence-electron chi connectivity index (χ1n) is 23.9. The van der Waals surface area contributed by atoms with Crippen molar-refractivity contribution in [2.24, 2.45) is 0 Å². The number of carbonyl (C=O) groups excluding carboxylic acids is 2. The minimum Gasteiger partial charge on any atom is -0.496 e. The Morgan fingerprint density at radius 3 is 0.947 bits per heavy atom. The third kappa shape index (κ3) is 8.40. The van der Waals surface area contributed by atoms with Crippen LogP contribution in [-0.4, -0.2) is 89.4 Å². The number of hydrogen-bond acceptors (Lipinski definition) is 10. The van der Waals surface area contributed by atoms with E-state index in [1.807, 2.05) is 62.4 Å². The Morgan fingerprint density at radius 2 is 0.667 bits per heavy atom. The van der Waals surface area contributed by atoms with Crippen LogP contribution in [0.25, 0.3) is 65.9 Å². The largest absolute Gasteiger partial charge is 0.496 e. The number of nitrogens with one attached hydrogen (secondary N) is 4. The zero-order valence-corrected chi connectivity index (χ0v) is 46.2. The molecule has 10 rings (SSSR count). The molecule has 4 aromatic heterocycles. The van der Waals surface area contributed by atoms with Gasteiger partial charge in [-0.1, -0.05) is 56.1 Å². The molecule has 6 aromatic carbocycles. The predicted octanol–water partition coefficient (Wildman–Crippen LogP) is 13.6. The second-order valence-electron chi connectivity index (χ2n) is 18.1. The van der Waals surface area contributed by atoms with Gasteiger partial charge >= 0.3 is 0 Å². The van der Waals surface area contributed by atoms with Gasteiger partial charge in [0.05, 0.1) is 101 Å². The maximum Gasteiger partial charge on any atom is 0.166 e. The lowest BCUT2D eigenvalue weighted by Crippen LogP contribution is -2.01. The van der Waals surface area contributed by atoms with Crippen LogP contribution in [0.3, 0.4) is 0 Å². The Labute approximate surface area is 449 Å². The minimum absolute atomic E-state index is 0.318. The topological polar surface area (TPSA) is 171 Å². The van der Waals surface area contributed by atoms with E-state index in [0.717, 1.165) is 132 Å². The lowest BCUT2D eigenvalue weighted by Gasteiger charge is -2.17. The third-order valence-electron chi connectivity index (χ3n) is 14.5. The monoisotopic (exact) mass is 1140 g/mol. The molecule has 384 valence electrons. The van der Waals surface area contributed by atoms with Gasteiger partial charge in [0, 0.05) is 108 Å². The second kappa shape index (κ2) is 20.5. The standard InChI is InChI=1S/C59H54Br2N4O10/c1-28-40(26-66)64-56-34(42(68-3)22-46(72-7)50(28)56)19-36-44(70-5)24-48(74-9)54-52(30-11-15-32(60)16-12-30)38(62-58(36)54)21-39-53(31-13-17-33(61)18-14-31)55-49(75-10)25-45(71-6)37(59(55)63-39)20-35-43(69-4)23-47(73-8)51-29(2)41(27-67)65-57(35)51/h11-18,22-27,62-65H,19-21H2,1-10H3. The van der Waals surface area contributed by atoms with E-state index in [4.69, 9.17) is 37.9 Å². The summed E-state index contributed by atoms with van der Waals surface area (Å²) in [5, 5.41) is 3.27. The van der Waals surface area contributed by atoms with Gasteiger partial charge in [-0.3, -0.25) is 9.59 Å². The number of methoxy groups -OCH3 is 8. The summed E-state index contributed by atoms with van der Waals surface area (Å²) in [5.41, 5.74) is 14.2. The number of hydrogen-bond donors (Lipinski definition) is 4. The first-order valence-corrected chi connectivity index (χ1v) is 25.5. The van der Waals surface area contributed by atoms with E-state index in [1.54, 1.807) is 56.9 Å². The van der Waals surface area contributed by atoms with E-state index in [2.05, 4.69) is 76.1 Å². The van der Waals surface area contributed by atoms with Crippen LogP contribution in [0.1, 0.15) is 65.7 Å². The molecule has 75 heavy (non-hydrogen) atoms. The number of benzene rings is 6. The molecule has 0 spiro atoms. The minimum atomic E-state index is 0.318. The molecule has 4 heterocycles. The third-order valence-corrected chi connectivity index (χ3v) is 15.5. The Morgan fingerprint density at radius 1 is 0.387 bits per heavy atom. The van der Waals surface area contributed by atoms with E-state index in [-0.39, 0.29) is 0 Å². The van der Waals surface area contributed by atoms with Crippen LogP contribution in [0, 0.1) is 13.8 Å². The van der Waals surface area contributed by atoms with Gasteiger partial charge in [-0.2, -0.15) is 0 Å². The summed E-state index contributed by atoms with van der Waals surface area (Å²) in [6, 6.07) is 24.0. The molecule has 0 fully saturated rings. The summed E-state index contributed by atoms with van der Waals surface area (Å²) in [5.74, 6) is 4.69. The van der Waals surface area contributed by atoms with Gasteiger partial charge in [0.1, 0.15) is 46.0 Å². The molecule has 0 aliphatic carbocycles. The number of carbonyl (C=O) groups is 2. The maximum absolute atomic E-state index is 12.4. The van der Waals surface area contributed by atoms with Gasteiger partial charge < -0.3 is 57.8 Å². The van der Waals surface area contributed by atoms with Crippen molar-refractivity contribution in [3.63, 3.8) is 0 Å². The molecule has 0 radical (unpaired) electrons. The summed E-state index contributed by atoms with van der Waals surface area (Å²) in [6.07, 6.45) is 2.64. The number of aromatic nitrogens is 4. The van der Waals surface area contributed by atoms with Crippen molar-refractivity contribution in [3.05, 3.63) is 138 Å². The van der Waals surface area contributed by atoms with Gasteiger partial charge in [0.15, 0.2) is 12.6 Å². The molecule has 16 heteroatoms. The number of aryl methyl sites for hydroxylation is 2. The fourth-order valence-corrected chi connectivity index (χ4v) is 11.5. The molecule has 10 aromatic rings. The first-order chi connectivity index (χ1) is 36.4. The van der Waals surface area contributed by atoms with Crippen LogP contribution in [0.4, 0.5) is 0 Å². The molecule has 0 bridgehead atoms. The number of rotatable bonds is 18. The highest BCUT2D eigenvalue weighted by atomic mass is 79.9. The van der Waals surface area contributed by atoms with Gasteiger partial charge in [0.25, 0.3) is 0 Å². The molecular weight excluding hydrogens is 1080 g/mol. The van der Waals surface area contributed by atoms with Crippen LogP contribution in [-0.2, 0) is 19.3 Å². The van der Waals surface area contributed by atoms with Crippen LogP contribution in [0.2, 0.25) is 0 Å². The van der Waals surface area contributed by atoms with E-state index < -0.39 is 0 Å². The van der Waals surface area contributed by atoms with Crippen molar-refractivity contribution < 1.29 is 47.5 Å². The average Bonchev–Trinajstić information content (AvgIpc) is 4.21. The molecule has 0 saturated heterocycles. The van der Waals surface area contributed by atoms with E-state index in [9.17, 15) is 9.59 Å². The van der Waals surface area contributed by atoms with Crippen LogP contribution < -0.4 is 37.9 Å². The first kappa shape index (κ1) is 50.7. The average molecular weight is 1140 g/mol. The zero-order valence-electron chi connectivity index (χ0n) is 43.0. The zero-order chi connectivity index (χ0) is 53.0. The summed E-state index contributed by atoms with van der Waals surface area (Å²) < 4.78 is 50.8. The summed E-state index contributed by atoms with van der Waals surface area (Å²) in [4.78, 5) is 39.5. The highest BCUT2D eigenvalue weighted by Crippen LogP contribution is 2.50. The molecule has 0 atom stereocenters. The van der Waals surface area contributed by atoms with Crippen LogP contribution in [0.15, 0.2) is 81.7 Å². The highest BCUT2D eigenvalue weighted by molar-refractivity contribution is 9.10. The summed E-state index contributed by atoms with van der Waals surface area (Å²) >= 11 is 7.36. The number of ether oxygens (including phenoxy) is 8. The normalized spacial score (nSPS) is 11.5. The van der Waals surface area contributed by atoms with Gasteiger partial charge in [-0.25, -0.2) is 0 Å². The lowest BCUT2D eigenvalue weighted by atomic mass is 9.93. The molecule has 0 amide bonds. The lowest BCUT2D eigenvalue weighted by molar-refractivity contribution is 0.111. The number of aromatic amines is 4. The smallest absolute Gasteiger partial charge is 0.166 e. The Hall–Kier alpha value is -7.82. The fraction of sp³-hybridized carbons (Fsp3) is 0.220. The molecule has 0 aliphatic rings. The molecule has 0 unspecified atom stereocenters. The molecular formula is C59H54Br2N4O10. The Balaban J connectivity index is 1.27. The van der Waals surface area contributed by atoms with Gasteiger partial charge in [-0.15, -0.1) is 0 Å². The molecule has 0 aliphatic heterocycles. The van der Waals surface area contributed by atoms with E-state index in [1.165, 1.54) is 0 Å². The van der Waals surface area contributed by atoms with Crippen molar-refractivity contribution in [3.8, 4) is 68.2 Å². The van der Waals surface area contributed by atoms with E-state index in [0.29, 0.717) is 76.6 Å². The van der Waals surface area contributed by atoms with Gasteiger partial charge in [-0.05, 0) is 60.4 Å². The maximum atomic E-state index is 12.4. The van der Waals surface area contributed by atoms with Crippen molar-refractivity contribution in [2.45, 2.75) is 33.1 Å². The molecule has 14 nitrogen and oxygen atoms in total. The molecule has 4 N–H and O–H groups in total. The number of aldehydes is 2. The van der Waals surface area contributed by atoms with E-state index >= 15 is 0 Å². The summed E-state index contributed by atoms with van der Waals surface area (Å²) in [6.45, 7) is 3.80.